The Morgan fingerprint density at radius 2 is 1.77 bits per heavy atom. The van der Waals surface area contributed by atoms with Gasteiger partial charge in [-0.05, 0) is 49.2 Å². The molecular weight excluding hydrogens is 394 g/mol. The Kier molecular flexibility index (Phi) is 8.72. The number of nitrogens with zero attached hydrogens (tertiary/aromatic N) is 2. The highest BCUT2D eigenvalue weighted by Crippen LogP contribution is 2.20. The lowest BCUT2D eigenvalue weighted by atomic mass is 10.2. The number of methoxy groups -OCH3 is 2. The minimum Gasteiger partial charge on any atom is -0.497 e. The van der Waals surface area contributed by atoms with Crippen LogP contribution in [0.1, 0.15) is 25.1 Å². The fraction of sp³-hybridized carbons (Fsp3) is 0.417. The first-order valence-corrected chi connectivity index (χ1v) is 10.7. The third kappa shape index (κ3) is 6.72. The molecule has 1 aromatic heterocycles. The number of carbonyl (C=O) groups is 1. The van der Waals surface area contributed by atoms with E-state index < -0.39 is 0 Å². The van der Waals surface area contributed by atoms with Crippen LogP contribution in [0.3, 0.4) is 0 Å². The second-order valence-corrected chi connectivity index (χ2v) is 7.29. The highest BCUT2D eigenvalue weighted by molar-refractivity contribution is 5.77. The van der Waals surface area contributed by atoms with E-state index >= 15 is 0 Å². The largest absolute Gasteiger partial charge is 0.497 e. The third-order valence-electron chi connectivity index (χ3n) is 5.05. The zero-order valence-corrected chi connectivity index (χ0v) is 18.3. The monoisotopic (exact) mass is 425 g/mol. The van der Waals surface area contributed by atoms with Crippen molar-refractivity contribution in [2.24, 2.45) is 0 Å². The number of unbranched alkanes of at least 4 members (excludes halogenated alkanes) is 2. The lowest BCUT2D eigenvalue weighted by Gasteiger charge is -2.11. The summed E-state index contributed by atoms with van der Waals surface area (Å²) in [5, 5.41) is 2.86. The van der Waals surface area contributed by atoms with E-state index in [9.17, 15) is 4.79 Å². The summed E-state index contributed by atoms with van der Waals surface area (Å²) in [5.41, 5.74) is 2.14. The molecule has 3 rings (SSSR count). The van der Waals surface area contributed by atoms with Gasteiger partial charge in [0.2, 0.25) is 5.91 Å². The van der Waals surface area contributed by atoms with Crippen LogP contribution in [0, 0.1) is 0 Å². The molecule has 166 valence electrons. The van der Waals surface area contributed by atoms with Crippen LogP contribution < -0.4 is 14.8 Å². The number of benzene rings is 2. The fourth-order valence-electron chi connectivity index (χ4n) is 3.49. The number of aromatic nitrogens is 2. The maximum atomic E-state index is 11.4. The molecule has 0 radical (unpaired) electrons. The molecule has 0 saturated heterocycles. The summed E-state index contributed by atoms with van der Waals surface area (Å²) in [5.74, 6) is 2.64. The van der Waals surface area contributed by atoms with Crippen LogP contribution in [0.15, 0.2) is 48.5 Å². The molecular formula is C24H31N3O4. The first-order chi connectivity index (χ1) is 15.2. The normalized spacial score (nSPS) is 10.9. The Morgan fingerprint density at radius 1 is 1.00 bits per heavy atom. The Morgan fingerprint density at radius 3 is 2.55 bits per heavy atom. The van der Waals surface area contributed by atoms with Crippen molar-refractivity contribution in [3.8, 4) is 11.5 Å². The SMILES string of the molecule is COCC(=O)NCCCCCc1nc2ccccc2n1CCOc1ccc(OC)cc1. The molecule has 0 unspecified atom stereocenters. The summed E-state index contributed by atoms with van der Waals surface area (Å²) >= 11 is 0. The first-order valence-electron chi connectivity index (χ1n) is 10.7. The summed E-state index contributed by atoms with van der Waals surface area (Å²) in [6.45, 7) is 2.08. The molecule has 1 amide bonds. The van der Waals surface area contributed by atoms with E-state index in [4.69, 9.17) is 19.2 Å². The molecule has 0 bridgehead atoms. The molecule has 0 spiro atoms. The molecule has 7 nitrogen and oxygen atoms in total. The van der Waals surface area contributed by atoms with Gasteiger partial charge in [-0.1, -0.05) is 18.6 Å². The molecule has 2 aromatic carbocycles. The average Bonchev–Trinajstić information content (AvgIpc) is 3.14. The van der Waals surface area contributed by atoms with Crippen molar-refractivity contribution in [3.63, 3.8) is 0 Å². The minimum atomic E-state index is -0.0684. The predicted molar refractivity (Wildman–Crippen MR) is 121 cm³/mol. The van der Waals surface area contributed by atoms with Gasteiger partial charge in [-0.2, -0.15) is 0 Å². The Balaban J connectivity index is 1.52. The molecule has 1 N–H and O–H groups in total. The van der Waals surface area contributed by atoms with Gasteiger partial charge in [0.15, 0.2) is 0 Å². The standard InChI is InChI=1S/C24H31N3O4/c1-29-18-24(28)25-15-7-3-4-10-23-26-21-8-5-6-9-22(21)27(23)16-17-31-20-13-11-19(30-2)12-14-20/h5-6,8-9,11-14H,3-4,7,10,15-18H2,1-2H3,(H,25,28). The number of ether oxygens (including phenoxy) is 3. The van der Waals surface area contributed by atoms with Crippen LogP contribution in [0.25, 0.3) is 11.0 Å². The van der Waals surface area contributed by atoms with Crippen molar-refractivity contribution in [1.29, 1.82) is 0 Å². The topological polar surface area (TPSA) is 74.6 Å². The van der Waals surface area contributed by atoms with Crippen LogP contribution in [-0.4, -0.2) is 49.4 Å². The van der Waals surface area contributed by atoms with Gasteiger partial charge in [-0.3, -0.25) is 4.79 Å². The van der Waals surface area contributed by atoms with E-state index in [1.807, 2.05) is 42.5 Å². The lowest BCUT2D eigenvalue weighted by molar-refractivity contribution is -0.124. The number of hydrogen-bond acceptors (Lipinski definition) is 5. The fourth-order valence-corrected chi connectivity index (χ4v) is 3.49. The van der Waals surface area contributed by atoms with Gasteiger partial charge in [-0.15, -0.1) is 0 Å². The van der Waals surface area contributed by atoms with E-state index in [0.29, 0.717) is 13.2 Å². The van der Waals surface area contributed by atoms with Crippen LogP contribution in [0.2, 0.25) is 0 Å². The molecule has 7 heteroatoms. The molecule has 0 fully saturated rings. The van der Waals surface area contributed by atoms with Gasteiger partial charge < -0.3 is 24.1 Å². The highest BCUT2D eigenvalue weighted by atomic mass is 16.5. The van der Waals surface area contributed by atoms with Gasteiger partial charge in [-0.25, -0.2) is 4.98 Å². The summed E-state index contributed by atoms with van der Waals surface area (Å²) in [6, 6.07) is 15.8. The Bertz CT molecular complexity index is 953. The maximum absolute atomic E-state index is 11.4. The van der Waals surface area contributed by atoms with Crippen LogP contribution in [0.4, 0.5) is 0 Å². The number of imidazole rings is 1. The predicted octanol–water partition coefficient (Wildman–Crippen LogP) is 3.60. The summed E-state index contributed by atoms with van der Waals surface area (Å²) in [6.07, 6.45) is 3.88. The number of nitrogens with one attached hydrogen (secondary N) is 1. The number of carbonyl (C=O) groups excluding carboxylic acids is 1. The molecule has 1 heterocycles. The molecule has 0 aliphatic rings. The van der Waals surface area contributed by atoms with Gasteiger partial charge >= 0.3 is 0 Å². The minimum absolute atomic E-state index is 0.0684. The number of hydrogen-bond donors (Lipinski definition) is 1. The van der Waals surface area contributed by atoms with Crippen molar-refractivity contribution in [2.75, 3.05) is 34.0 Å². The number of rotatable bonds is 13. The second kappa shape index (κ2) is 12.0. The van der Waals surface area contributed by atoms with Crippen LogP contribution >= 0.6 is 0 Å². The van der Waals surface area contributed by atoms with E-state index in [1.54, 1.807) is 7.11 Å². The van der Waals surface area contributed by atoms with Gasteiger partial charge in [0.25, 0.3) is 0 Å². The van der Waals surface area contributed by atoms with Gasteiger partial charge in [0.05, 0.1) is 24.7 Å². The third-order valence-corrected chi connectivity index (χ3v) is 5.05. The number of fused-ring (bicyclic) bond motifs is 1. The van der Waals surface area contributed by atoms with E-state index in [2.05, 4.69) is 16.0 Å². The van der Waals surface area contributed by atoms with Crippen molar-refractivity contribution in [3.05, 3.63) is 54.4 Å². The molecule has 0 aliphatic heterocycles. The zero-order valence-electron chi connectivity index (χ0n) is 18.3. The Hall–Kier alpha value is -3.06. The van der Waals surface area contributed by atoms with E-state index in [1.165, 1.54) is 7.11 Å². The van der Waals surface area contributed by atoms with Gasteiger partial charge in [0.1, 0.15) is 30.5 Å². The van der Waals surface area contributed by atoms with Gasteiger partial charge in [0, 0.05) is 20.1 Å². The zero-order chi connectivity index (χ0) is 21.9. The molecule has 0 atom stereocenters. The summed E-state index contributed by atoms with van der Waals surface area (Å²) in [4.78, 5) is 16.2. The summed E-state index contributed by atoms with van der Waals surface area (Å²) in [7, 11) is 3.17. The average molecular weight is 426 g/mol. The van der Waals surface area contributed by atoms with Crippen molar-refractivity contribution < 1.29 is 19.0 Å². The number of para-hydroxylation sites is 2. The lowest BCUT2D eigenvalue weighted by Crippen LogP contribution is -2.27. The van der Waals surface area contributed by atoms with Crippen LogP contribution in [-0.2, 0) is 22.5 Å². The smallest absolute Gasteiger partial charge is 0.245 e. The maximum Gasteiger partial charge on any atom is 0.245 e. The molecule has 0 saturated carbocycles. The first kappa shape index (κ1) is 22.6. The summed E-state index contributed by atoms with van der Waals surface area (Å²) < 4.78 is 18.2. The van der Waals surface area contributed by atoms with Crippen molar-refractivity contribution >= 4 is 16.9 Å². The molecule has 3 aromatic rings. The van der Waals surface area contributed by atoms with E-state index in [-0.39, 0.29) is 12.5 Å². The van der Waals surface area contributed by atoms with Crippen molar-refractivity contribution in [2.45, 2.75) is 32.2 Å². The van der Waals surface area contributed by atoms with Crippen LogP contribution in [0.5, 0.6) is 11.5 Å². The molecule has 31 heavy (non-hydrogen) atoms. The quantitative estimate of drug-likeness (QED) is 0.424. The Labute approximate surface area is 183 Å². The highest BCUT2D eigenvalue weighted by Gasteiger charge is 2.10. The second-order valence-electron chi connectivity index (χ2n) is 7.29. The van der Waals surface area contributed by atoms with E-state index in [0.717, 1.165) is 60.6 Å². The number of aryl methyl sites for hydroxylation is 1. The number of amides is 1. The molecule has 0 aliphatic carbocycles. The van der Waals surface area contributed by atoms with Crippen molar-refractivity contribution in [1.82, 2.24) is 14.9 Å².